The van der Waals surface area contributed by atoms with Gasteiger partial charge in [-0.05, 0) is 6.92 Å². The third-order valence-electron chi connectivity index (χ3n) is 2.77. The van der Waals surface area contributed by atoms with E-state index in [0.29, 0.717) is 26.3 Å². The fourth-order valence-electron chi connectivity index (χ4n) is 1.43. The van der Waals surface area contributed by atoms with E-state index in [1.165, 1.54) is 0 Å². The highest BCUT2D eigenvalue weighted by Gasteiger charge is 2.15. The van der Waals surface area contributed by atoms with E-state index < -0.39 is 0 Å². The molecule has 92 valence electrons. The number of hydrogen-bond acceptors (Lipinski definition) is 4. The fraction of sp³-hybridized carbons (Fsp3) is 0.818. The van der Waals surface area contributed by atoms with Crippen LogP contribution in [0.1, 0.15) is 13.8 Å². The molecule has 1 aliphatic rings. The van der Waals surface area contributed by atoms with Gasteiger partial charge in [-0.3, -0.25) is 14.5 Å². The Labute approximate surface area is 96.1 Å². The minimum absolute atomic E-state index is 0.0185. The van der Waals surface area contributed by atoms with Gasteiger partial charge in [-0.15, -0.1) is 0 Å². The smallest absolute Gasteiger partial charge is 0.234 e. The van der Waals surface area contributed by atoms with Gasteiger partial charge in [0.1, 0.15) is 5.78 Å². The first-order valence-corrected chi connectivity index (χ1v) is 5.67. The standard InChI is InChI=1S/C11H20N2O3/c1-9(10(2)14)7-12-11(15)8-13-3-5-16-6-4-13/h9H,3-8H2,1-2H3,(H,12,15)/t9-/m0/s1. The van der Waals surface area contributed by atoms with E-state index in [2.05, 4.69) is 10.2 Å². The van der Waals surface area contributed by atoms with Gasteiger partial charge in [0.25, 0.3) is 0 Å². The summed E-state index contributed by atoms with van der Waals surface area (Å²) in [6.07, 6.45) is 0. The Hall–Kier alpha value is -0.940. The van der Waals surface area contributed by atoms with Crippen molar-refractivity contribution in [1.29, 1.82) is 0 Å². The largest absolute Gasteiger partial charge is 0.379 e. The molecule has 0 unspecified atom stereocenters. The number of nitrogens with zero attached hydrogens (tertiary/aromatic N) is 1. The van der Waals surface area contributed by atoms with Crippen molar-refractivity contribution in [2.24, 2.45) is 5.92 Å². The molecule has 1 heterocycles. The van der Waals surface area contributed by atoms with E-state index in [1.54, 1.807) is 6.92 Å². The molecule has 0 aromatic carbocycles. The summed E-state index contributed by atoms with van der Waals surface area (Å²) in [5.74, 6) is -0.0182. The molecule has 1 rings (SSSR count). The summed E-state index contributed by atoms with van der Waals surface area (Å²) < 4.78 is 5.19. The van der Waals surface area contributed by atoms with Crippen molar-refractivity contribution in [3.05, 3.63) is 0 Å². The fourth-order valence-corrected chi connectivity index (χ4v) is 1.43. The summed E-state index contributed by atoms with van der Waals surface area (Å²) in [5.41, 5.74) is 0. The number of amides is 1. The van der Waals surface area contributed by atoms with Gasteiger partial charge < -0.3 is 10.1 Å². The number of ether oxygens (including phenoxy) is 1. The van der Waals surface area contributed by atoms with Crippen LogP contribution in [0.4, 0.5) is 0 Å². The first-order chi connectivity index (χ1) is 7.59. The summed E-state index contributed by atoms with van der Waals surface area (Å²) >= 11 is 0. The van der Waals surface area contributed by atoms with Crippen LogP contribution in [-0.4, -0.2) is 56.0 Å². The molecule has 0 radical (unpaired) electrons. The summed E-state index contributed by atoms with van der Waals surface area (Å²) in [5, 5.41) is 2.77. The second-order valence-corrected chi connectivity index (χ2v) is 4.20. The zero-order valence-electron chi connectivity index (χ0n) is 9.99. The minimum Gasteiger partial charge on any atom is -0.379 e. The van der Waals surface area contributed by atoms with Crippen molar-refractivity contribution in [1.82, 2.24) is 10.2 Å². The third-order valence-corrected chi connectivity index (χ3v) is 2.77. The van der Waals surface area contributed by atoms with Crippen molar-refractivity contribution < 1.29 is 14.3 Å². The Morgan fingerprint density at radius 1 is 1.38 bits per heavy atom. The zero-order chi connectivity index (χ0) is 12.0. The van der Waals surface area contributed by atoms with Gasteiger partial charge in [0, 0.05) is 25.6 Å². The summed E-state index contributed by atoms with van der Waals surface area (Å²) in [7, 11) is 0. The molecule has 1 saturated heterocycles. The number of carbonyl (C=O) groups excluding carboxylic acids is 2. The van der Waals surface area contributed by atoms with Crippen LogP contribution in [0.15, 0.2) is 0 Å². The quantitative estimate of drug-likeness (QED) is 0.699. The Morgan fingerprint density at radius 2 is 2.00 bits per heavy atom. The lowest BCUT2D eigenvalue weighted by molar-refractivity contribution is -0.124. The lowest BCUT2D eigenvalue weighted by Crippen LogP contribution is -2.44. The predicted octanol–water partition coefficient (Wildman–Crippen LogP) is -0.340. The van der Waals surface area contributed by atoms with Gasteiger partial charge in [0.05, 0.1) is 19.8 Å². The van der Waals surface area contributed by atoms with E-state index in [1.807, 2.05) is 6.92 Å². The molecular formula is C11H20N2O3. The monoisotopic (exact) mass is 228 g/mol. The van der Waals surface area contributed by atoms with Gasteiger partial charge in [0.2, 0.25) is 5.91 Å². The van der Waals surface area contributed by atoms with Gasteiger partial charge >= 0.3 is 0 Å². The second kappa shape index (κ2) is 6.60. The van der Waals surface area contributed by atoms with Crippen LogP contribution < -0.4 is 5.32 Å². The highest BCUT2D eigenvalue weighted by Crippen LogP contribution is 1.97. The molecule has 0 saturated carbocycles. The topological polar surface area (TPSA) is 58.6 Å². The Morgan fingerprint density at radius 3 is 2.56 bits per heavy atom. The summed E-state index contributed by atoms with van der Waals surface area (Å²) in [6, 6.07) is 0. The van der Waals surface area contributed by atoms with Gasteiger partial charge in [-0.2, -0.15) is 0 Å². The molecule has 0 aliphatic carbocycles. The van der Waals surface area contributed by atoms with E-state index >= 15 is 0 Å². The van der Waals surface area contributed by atoms with Crippen molar-refractivity contribution in [2.75, 3.05) is 39.4 Å². The van der Waals surface area contributed by atoms with Crippen LogP contribution in [0.5, 0.6) is 0 Å². The van der Waals surface area contributed by atoms with Crippen LogP contribution >= 0.6 is 0 Å². The van der Waals surface area contributed by atoms with E-state index in [0.717, 1.165) is 13.1 Å². The van der Waals surface area contributed by atoms with Crippen molar-refractivity contribution in [2.45, 2.75) is 13.8 Å². The van der Waals surface area contributed by atoms with Crippen molar-refractivity contribution in [3.63, 3.8) is 0 Å². The van der Waals surface area contributed by atoms with Crippen molar-refractivity contribution >= 4 is 11.7 Å². The highest BCUT2D eigenvalue weighted by molar-refractivity contribution is 5.81. The number of Topliss-reactive ketones (excluding diaryl/α,β-unsaturated/α-hetero) is 1. The average Bonchev–Trinajstić information content (AvgIpc) is 2.27. The Balaban J connectivity index is 2.17. The van der Waals surface area contributed by atoms with E-state index in [-0.39, 0.29) is 17.6 Å². The molecule has 0 bridgehead atoms. The maximum Gasteiger partial charge on any atom is 0.234 e. The number of morpholine rings is 1. The molecule has 1 fully saturated rings. The number of carbonyl (C=O) groups is 2. The second-order valence-electron chi connectivity index (χ2n) is 4.20. The number of rotatable bonds is 5. The SMILES string of the molecule is CC(=O)[C@@H](C)CNC(=O)CN1CCOCC1. The molecule has 1 N–H and O–H groups in total. The maximum absolute atomic E-state index is 11.5. The molecule has 0 aromatic heterocycles. The van der Waals surface area contributed by atoms with Gasteiger partial charge in [0.15, 0.2) is 0 Å². The minimum atomic E-state index is -0.103. The molecule has 5 nitrogen and oxygen atoms in total. The predicted molar refractivity (Wildman–Crippen MR) is 60.1 cm³/mol. The lowest BCUT2D eigenvalue weighted by Gasteiger charge is -2.25. The van der Waals surface area contributed by atoms with Crippen LogP contribution in [0.2, 0.25) is 0 Å². The molecule has 1 aliphatic heterocycles. The molecule has 1 atom stereocenters. The average molecular weight is 228 g/mol. The zero-order valence-corrected chi connectivity index (χ0v) is 9.99. The normalized spacial score (nSPS) is 19.1. The number of nitrogens with one attached hydrogen (secondary N) is 1. The van der Waals surface area contributed by atoms with Crippen molar-refractivity contribution in [3.8, 4) is 0 Å². The first-order valence-electron chi connectivity index (χ1n) is 5.67. The first kappa shape index (κ1) is 13.1. The summed E-state index contributed by atoms with van der Waals surface area (Å²) in [6.45, 7) is 7.17. The van der Waals surface area contributed by atoms with E-state index in [4.69, 9.17) is 4.74 Å². The molecular weight excluding hydrogens is 208 g/mol. The summed E-state index contributed by atoms with van der Waals surface area (Å²) in [4.78, 5) is 24.6. The molecule has 16 heavy (non-hydrogen) atoms. The third kappa shape index (κ3) is 4.72. The lowest BCUT2D eigenvalue weighted by atomic mass is 10.1. The number of hydrogen-bond donors (Lipinski definition) is 1. The number of ketones is 1. The van der Waals surface area contributed by atoms with E-state index in [9.17, 15) is 9.59 Å². The van der Waals surface area contributed by atoms with Gasteiger partial charge in [-0.25, -0.2) is 0 Å². The van der Waals surface area contributed by atoms with Crippen LogP contribution in [-0.2, 0) is 14.3 Å². The highest BCUT2D eigenvalue weighted by atomic mass is 16.5. The molecule has 0 spiro atoms. The molecule has 1 amide bonds. The van der Waals surface area contributed by atoms with Gasteiger partial charge in [-0.1, -0.05) is 6.92 Å². The van der Waals surface area contributed by atoms with Crippen LogP contribution in [0.3, 0.4) is 0 Å². The molecule has 0 aromatic rings. The molecule has 5 heteroatoms. The van der Waals surface area contributed by atoms with Crippen LogP contribution in [0.25, 0.3) is 0 Å². The van der Waals surface area contributed by atoms with Crippen LogP contribution in [0, 0.1) is 5.92 Å². The Bertz CT molecular complexity index is 250. The maximum atomic E-state index is 11.5. The Kier molecular flexibility index (Phi) is 5.42.